The minimum Gasteiger partial charge on any atom is -0.393 e. The minimum atomic E-state index is -0.401. The van der Waals surface area contributed by atoms with E-state index in [4.69, 9.17) is 5.73 Å². The highest BCUT2D eigenvalue weighted by Gasteiger charge is 2.21. The highest BCUT2D eigenvalue weighted by atomic mass is 16.3. The molecule has 0 heterocycles. The summed E-state index contributed by atoms with van der Waals surface area (Å²) in [7, 11) is 0. The van der Waals surface area contributed by atoms with Gasteiger partial charge < -0.3 is 16.2 Å². The lowest BCUT2D eigenvalue weighted by Crippen LogP contribution is -2.39. The SMILES string of the molecule is C[C@@H]([CH]C(=O)NC1CCC(O)CC1)CC(N)=O. The molecular weight excluding hydrogens is 220 g/mol. The van der Waals surface area contributed by atoms with Gasteiger partial charge >= 0.3 is 0 Å². The van der Waals surface area contributed by atoms with Crippen LogP contribution in [-0.2, 0) is 9.59 Å². The quantitative estimate of drug-likeness (QED) is 0.638. The molecule has 0 aromatic heterocycles. The number of primary amides is 1. The zero-order chi connectivity index (χ0) is 12.8. The molecule has 0 aromatic rings. The van der Waals surface area contributed by atoms with E-state index < -0.39 is 5.91 Å². The summed E-state index contributed by atoms with van der Waals surface area (Å²) in [5, 5.41) is 12.2. The summed E-state index contributed by atoms with van der Waals surface area (Å²) in [5.41, 5.74) is 5.05. The van der Waals surface area contributed by atoms with Crippen molar-refractivity contribution in [1.82, 2.24) is 5.32 Å². The van der Waals surface area contributed by atoms with Gasteiger partial charge in [0.15, 0.2) is 0 Å². The molecule has 1 fully saturated rings. The van der Waals surface area contributed by atoms with Gasteiger partial charge in [-0.3, -0.25) is 9.59 Å². The first kappa shape index (κ1) is 14.0. The molecule has 0 aliphatic heterocycles. The fourth-order valence-electron chi connectivity index (χ4n) is 2.10. The second-order valence-electron chi connectivity index (χ2n) is 4.83. The first-order chi connectivity index (χ1) is 7.97. The Morgan fingerprint density at radius 1 is 1.41 bits per heavy atom. The molecule has 1 aliphatic rings. The second kappa shape index (κ2) is 6.59. The van der Waals surface area contributed by atoms with Crippen LogP contribution in [-0.4, -0.2) is 29.1 Å². The molecular formula is C12H21N2O3. The van der Waals surface area contributed by atoms with Crippen LogP contribution in [0.5, 0.6) is 0 Å². The van der Waals surface area contributed by atoms with E-state index in [1.54, 1.807) is 6.92 Å². The second-order valence-corrected chi connectivity index (χ2v) is 4.83. The lowest BCUT2D eigenvalue weighted by molar-refractivity contribution is -0.120. The van der Waals surface area contributed by atoms with Crippen molar-refractivity contribution in [3.63, 3.8) is 0 Å². The first-order valence-electron chi connectivity index (χ1n) is 6.09. The van der Waals surface area contributed by atoms with Crippen molar-refractivity contribution in [2.45, 2.75) is 51.2 Å². The normalized spacial score (nSPS) is 26.2. The van der Waals surface area contributed by atoms with Crippen LogP contribution in [0.1, 0.15) is 39.0 Å². The van der Waals surface area contributed by atoms with Gasteiger partial charge in [0.2, 0.25) is 11.8 Å². The monoisotopic (exact) mass is 241 g/mol. The number of rotatable bonds is 5. The van der Waals surface area contributed by atoms with Crippen molar-refractivity contribution in [2.24, 2.45) is 11.7 Å². The number of aliphatic hydroxyl groups is 1. The van der Waals surface area contributed by atoms with Gasteiger partial charge in [-0.1, -0.05) is 6.92 Å². The van der Waals surface area contributed by atoms with Crippen molar-refractivity contribution in [2.75, 3.05) is 0 Å². The number of hydrogen-bond donors (Lipinski definition) is 3. The molecule has 5 nitrogen and oxygen atoms in total. The summed E-state index contributed by atoms with van der Waals surface area (Å²) in [6.45, 7) is 1.79. The summed E-state index contributed by atoms with van der Waals surface area (Å²) in [6.07, 6.45) is 4.56. The van der Waals surface area contributed by atoms with Crippen LogP contribution in [0.25, 0.3) is 0 Å². The number of nitrogens with two attached hydrogens (primary N) is 1. The lowest BCUT2D eigenvalue weighted by atomic mass is 9.92. The molecule has 2 amide bonds. The third-order valence-corrected chi connectivity index (χ3v) is 3.00. The van der Waals surface area contributed by atoms with Crippen molar-refractivity contribution >= 4 is 11.8 Å². The largest absolute Gasteiger partial charge is 0.393 e. The third kappa shape index (κ3) is 5.68. The van der Waals surface area contributed by atoms with Crippen LogP contribution in [0.2, 0.25) is 0 Å². The smallest absolute Gasteiger partial charge is 0.224 e. The molecule has 4 N–H and O–H groups in total. The van der Waals surface area contributed by atoms with Crippen LogP contribution in [0.15, 0.2) is 0 Å². The molecule has 5 heteroatoms. The van der Waals surface area contributed by atoms with E-state index in [1.807, 2.05) is 0 Å². The summed E-state index contributed by atoms with van der Waals surface area (Å²) >= 11 is 0. The molecule has 0 bridgehead atoms. The molecule has 1 rings (SSSR count). The molecule has 1 radical (unpaired) electrons. The lowest BCUT2D eigenvalue weighted by Gasteiger charge is -2.26. The van der Waals surface area contributed by atoms with Crippen molar-refractivity contribution in [3.8, 4) is 0 Å². The maximum atomic E-state index is 11.6. The van der Waals surface area contributed by atoms with Crippen LogP contribution in [0.3, 0.4) is 0 Å². The molecule has 1 aliphatic carbocycles. The number of hydrogen-bond acceptors (Lipinski definition) is 3. The summed E-state index contributed by atoms with van der Waals surface area (Å²) in [5.74, 6) is -0.691. The third-order valence-electron chi connectivity index (χ3n) is 3.00. The average Bonchev–Trinajstić information content (AvgIpc) is 2.19. The van der Waals surface area contributed by atoms with Gasteiger partial charge in [-0.2, -0.15) is 0 Å². The zero-order valence-corrected chi connectivity index (χ0v) is 10.2. The van der Waals surface area contributed by atoms with E-state index in [2.05, 4.69) is 5.32 Å². The van der Waals surface area contributed by atoms with Crippen molar-refractivity contribution < 1.29 is 14.7 Å². The van der Waals surface area contributed by atoms with E-state index in [0.29, 0.717) is 0 Å². The van der Waals surface area contributed by atoms with E-state index >= 15 is 0 Å². The van der Waals surface area contributed by atoms with E-state index in [0.717, 1.165) is 25.7 Å². The zero-order valence-electron chi connectivity index (χ0n) is 10.2. The number of aliphatic hydroxyl groups excluding tert-OH is 1. The van der Waals surface area contributed by atoms with Gasteiger partial charge in [-0.05, 0) is 31.6 Å². The Morgan fingerprint density at radius 3 is 2.53 bits per heavy atom. The molecule has 17 heavy (non-hydrogen) atoms. The van der Waals surface area contributed by atoms with E-state index in [9.17, 15) is 14.7 Å². The first-order valence-corrected chi connectivity index (χ1v) is 6.09. The standard InChI is InChI=1S/C12H21N2O3/c1-8(6-11(13)16)7-12(17)14-9-2-4-10(15)5-3-9/h7-10,15H,2-6H2,1H3,(H2,13,16)(H,14,17)/t8-,9?,10?/m1/s1. The topological polar surface area (TPSA) is 92.4 Å². The molecule has 97 valence electrons. The minimum absolute atomic E-state index is 0.137. The highest BCUT2D eigenvalue weighted by Crippen LogP contribution is 2.18. The Bertz CT molecular complexity index is 273. The molecule has 1 saturated carbocycles. The summed E-state index contributed by atoms with van der Waals surface area (Å²) < 4.78 is 0. The van der Waals surface area contributed by atoms with Crippen molar-refractivity contribution in [1.29, 1.82) is 0 Å². The van der Waals surface area contributed by atoms with Gasteiger partial charge in [0.25, 0.3) is 0 Å². The van der Waals surface area contributed by atoms with Crippen LogP contribution in [0, 0.1) is 12.3 Å². The van der Waals surface area contributed by atoms with Crippen molar-refractivity contribution in [3.05, 3.63) is 6.42 Å². The van der Waals surface area contributed by atoms with Crippen LogP contribution < -0.4 is 11.1 Å². The van der Waals surface area contributed by atoms with Crippen LogP contribution >= 0.6 is 0 Å². The maximum Gasteiger partial charge on any atom is 0.224 e. The van der Waals surface area contributed by atoms with E-state index in [-0.39, 0.29) is 30.4 Å². The predicted octanol–water partition coefficient (Wildman–Crippen LogP) is 0.122. The summed E-state index contributed by atoms with van der Waals surface area (Å²) in [6, 6.07) is 0.142. The maximum absolute atomic E-state index is 11.6. The molecule has 0 aromatic carbocycles. The Kier molecular flexibility index (Phi) is 5.41. The number of amides is 2. The molecule has 0 saturated heterocycles. The number of nitrogens with one attached hydrogen (secondary N) is 1. The van der Waals surface area contributed by atoms with E-state index in [1.165, 1.54) is 6.42 Å². The average molecular weight is 241 g/mol. The predicted molar refractivity (Wildman–Crippen MR) is 63.7 cm³/mol. The fourth-order valence-corrected chi connectivity index (χ4v) is 2.10. The van der Waals surface area contributed by atoms with Gasteiger partial charge in [0, 0.05) is 12.5 Å². The number of carbonyl (C=O) groups is 2. The molecule has 0 unspecified atom stereocenters. The van der Waals surface area contributed by atoms with Gasteiger partial charge in [0.05, 0.1) is 12.5 Å². The van der Waals surface area contributed by atoms with Crippen LogP contribution in [0.4, 0.5) is 0 Å². The Hall–Kier alpha value is -1.10. The summed E-state index contributed by atoms with van der Waals surface area (Å²) in [4.78, 5) is 22.3. The Balaban J connectivity index is 2.22. The van der Waals surface area contributed by atoms with Gasteiger partial charge in [0.1, 0.15) is 0 Å². The fraction of sp³-hybridized carbons (Fsp3) is 0.750. The highest BCUT2D eigenvalue weighted by molar-refractivity contribution is 5.86. The molecule has 0 spiro atoms. The Labute approximate surface area is 102 Å². The Morgan fingerprint density at radius 2 is 2.00 bits per heavy atom. The molecule has 1 atom stereocenters. The number of carbonyl (C=O) groups excluding carboxylic acids is 2. The van der Waals surface area contributed by atoms with Gasteiger partial charge in [-0.15, -0.1) is 0 Å². The van der Waals surface area contributed by atoms with Gasteiger partial charge in [-0.25, -0.2) is 0 Å².